The van der Waals surface area contributed by atoms with Gasteiger partial charge in [0.15, 0.2) is 0 Å². The first-order chi connectivity index (χ1) is 7.32. The summed E-state index contributed by atoms with van der Waals surface area (Å²) in [7, 11) is 1.53. The predicted molar refractivity (Wildman–Crippen MR) is 65.5 cm³/mol. The normalized spacial score (nSPS) is 13.4. The van der Waals surface area contributed by atoms with Crippen LogP contribution in [0.3, 0.4) is 0 Å². The predicted octanol–water partition coefficient (Wildman–Crippen LogP) is 3.68. The van der Waals surface area contributed by atoms with E-state index in [1.165, 1.54) is 19.2 Å². The average Bonchev–Trinajstić information content (AvgIpc) is 2.15. The molecule has 0 aliphatic heterocycles. The molecular formula is C13H20FNO. The second-order valence-corrected chi connectivity index (χ2v) is 5.11. The van der Waals surface area contributed by atoms with Gasteiger partial charge in [-0.3, -0.25) is 0 Å². The average molecular weight is 225 g/mol. The van der Waals surface area contributed by atoms with E-state index >= 15 is 0 Å². The van der Waals surface area contributed by atoms with Gasteiger partial charge in [-0.15, -0.1) is 0 Å². The van der Waals surface area contributed by atoms with Crippen molar-refractivity contribution in [3.63, 3.8) is 0 Å². The van der Waals surface area contributed by atoms with Crippen LogP contribution in [0.25, 0.3) is 0 Å². The van der Waals surface area contributed by atoms with Crippen LogP contribution in [0.5, 0.6) is 5.75 Å². The van der Waals surface area contributed by atoms with Crippen molar-refractivity contribution in [2.45, 2.75) is 33.7 Å². The summed E-state index contributed by atoms with van der Waals surface area (Å²) < 4.78 is 18.3. The molecule has 0 spiro atoms. The SMILES string of the molecule is COc1cc(F)cc(NC(C)C(C)(C)C)c1. The van der Waals surface area contributed by atoms with Crippen LogP contribution < -0.4 is 10.1 Å². The van der Waals surface area contributed by atoms with Gasteiger partial charge in [-0.05, 0) is 18.4 Å². The fraction of sp³-hybridized carbons (Fsp3) is 0.538. The number of hydrogen-bond acceptors (Lipinski definition) is 2. The van der Waals surface area contributed by atoms with Crippen LogP contribution in [0.1, 0.15) is 27.7 Å². The lowest BCUT2D eigenvalue weighted by Gasteiger charge is -2.29. The lowest BCUT2D eigenvalue weighted by molar-refractivity contribution is 0.359. The van der Waals surface area contributed by atoms with E-state index in [1.807, 2.05) is 0 Å². The van der Waals surface area contributed by atoms with Crippen molar-refractivity contribution in [1.82, 2.24) is 0 Å². The van der Waals surface area contributed by atoms with E-state index in [1.54, 1.807) is 6.07 Å². The molecule has 1 N–H and O–H groups in total. The minimum atomic E-state index is -0.289. The fourth-order valence-corrected chi connectivity index (χ4v) is 1.23. The fourth-order valence-electron chi connectivity index (χ4n) is 1.23. The molecule has 1 atom stereocenters. The molecule has 0 saturated carbocycles. The monoisotopic (exact) mass is 225 g/mol. The van der Waals surface area contributed by atoms with Crippen molar-refractivity contribution >= 4 is 5.69 Å². The van der Waals surface area contributed by atoms with Gasteiger partial charge in [-0.2, -0.15) is 0 Å². The Balaban J connectivity index is 2.85. The Morgan fingerprint density at radius 2 is 1.88 bits per heavy atom. The third kappa shape index (κ3) is 3.40. The van der Waals surface area contributed by atoms with Gasteiger partial charge in [-0.25, -0.2) is 4.39 Å². The number of benzene rings is 1. The van der Waals surface area contributed by atoms with E-state index in [0.717, 1.165) is 5.69 Å². The largest absolute Gasteiger partial charge is 0.497 e. The van der Waals surface area contributed by atoms with Crippen LogP contribution in [0, 0.1) is 11.2 Å². The van der Waals surface area contributed by atoms with E-state index in [0.29, 0.717) is 5.75 Å². The highest BCUT2D eigenvalue weighted by molar-refractivity contribution is 5.49. The number of rotatable bonds is 3. The van der Waals surface area contributed by atoms with Gasteiger partial charge in [0.05, 0.1) is 7.11 Å². The number of methoxy groups -OCH3 is 1. The smallest absolute Gasteiger partial charge is 0.128 e. The zero-order valence-electron chi connectivity index (χ0n) is 10.6. The number of hydrogen-bond donors (Lipinski definition) is 1. The lowest BCUT2D eigenvalue weighted by Crippen LogP contribution is -2.30. The van der Waals surface area contributed by atoms with Gasteiger partial charge < -0.3 is 10.1 Å². The summed E-state index contributed by atoms with van der Waals surface area (Å²) in [5.41, 5.74) is 0.874. The maximum atomic E-state index is 13.2. The zero-order chi connectivity index (χ0) is 12.3. The maximum absolute atomic E-state index is 13.2. The van der Waals surface area contributed by atoms with E-state index in [2.05, 4.69) is 33.0 Å². The first-order valence-electron chi connectivity index (χ1n) is 5.44. The molecule has 16 heavy (non-hydrogen) atoms. The summed E-state index contributed by atoms with van der Waals surface area (Å²) in [5.74, 6) is 0.242. The van der Waals surface area contributed by atoms with Crippen molar-refractivity contribution in [2.24, 2.45) is 5.41 Å². The van der Waals surface area contributed by atoms with Gasteiger partial charge >= 0.3 is 0 Å². The first-order valence-corrected chi connectivity index (χ1v) is 5.44. The molecule has 1 aromatic rings. The Hall–Kier alpha value is -1.25. The van der Waals surface area contributed by atoms with Gasteiger partial charge in [0, 0.05) is 23.9 Å². The van der Waals surface area contributed by atoms with Crippen molar-refractivity contribution in [1.29, 1.82) is 0 Å². The molecule has 0 aromatic heterocycles. The molecule has 1 unspecified atom stereocenters. The molecule has 0 aliphatic carbocycles. The lowest BCUT2D eigenvalue weighted by atomic mass is 9.88. The molecule has 0 saturated heterocycles. The van der Waals surface area contributed by atoms with E-state index < -0.39 is 0 Å². The maximum Gasteiger partial charge on any atom is 0.128 e. The highest BCUT2D eigenvalue weighted by Crippen LogP contribution is 2.25. The third-order valence-corrected chi connectivity index (χ3v) is 2.79. The molecule has 0 aliphatic rings. The quantitative estimate of drug-likeness (QED) is 0.847. The van der Waals surface area contributed by atoms with Crippen LogP contribution in [0.2, 0.25) is 0 Å². The summed E-state index contributed by atoms with van der Waals surface area (Å²) in [5, 5.41) is 3.28. The van der Waals surface area contributed by atoms with Gasteiger partial charge in [0.1, 0.15) is 11.6 Å². The van der Waals surface area contributed by atoms with Crippen LogP contribution in [-0.4, -0.2) is 13.2 Å². The van der Waals surface area contributed by atoms with Crippen molar-refractivity contribution in [2.75, 3.05) is 12.4 Å². The van der Waals surface area contributed by atoms with Crippen LogP contribution in [0.15, 0.2) is 18.2 Å². The second-order valence-electron chi connectivity index (χ2n) is 5.11. The second kappa shape index (κ2) is 4.73. The van der Waals surface area contributed by atoms with E-state index in [9.17, 15) is 4.39 Å². The number of halogens is 1. The standard InChI is InChI=1S/C13H20FNO/c1-9(13(2,3)4)15-11-6-10(14)7-12(8-11)16-5/h6-9,15H,1-5H3. The molecule has 0 bridgehead atoms. The molecule has 2 nitrogen and oxygen atoms in total. The zero-order valence-corrected chi connectivity index (χ0v) is 10.6. The van der Waals surface area contributed by atoms with Crippen LogP contribution in [0.4, 0.5) is 10.1 Å². The highest BCUT2D eigenvalue weighted by atomic mass is 19.1. The van der Waals surface area contributed by atoms with E-state index in [4.69, 9.17) is 4.74 Å². The van der Waals surface area contributed by atoms with Gasteiger partial charge in [0.25, 0.3) is 0 Å². The molecule has 0 amide bonds. The Kier molecular flexibility index (Phi) is 3.79. The third-order valence-electron chi connectivity index (χ3n) is 2.79. The molecular weight excluding hydrogens is 205 g/mol. The molecule has 3 heteroatoms. The van der Waals surface area contributed by atoms with Crippen molar-refractivity contribution in [3.8, 4) is 5.75 Å². The minimum Gasteiger partial charge on any atom is -0.497 e. The summed E-state index contributed by atoms with van der Waals surface area (Å²) in [6.45, 7) is 8.50. The summed E-state index contributed by atoms with van der Waals surface area (Å²) >= 11 is 0. The Morgan fingerprint density at radius 3 is 2.38 bits per heavy atom. The Bertz CT molecular complexity index is 357. The summed E-state index contributed by atoms with van der Waals surface area (Å²) in [6.07, 6.45) is 0. The first kappa shape index (κ1) is 12.8. The van der Waals surface area contributed by atoms with Gasteiger partial charge in [-0.1, -0.05) is 20.8 Å². The molecule has 0 radical (unpaired) electrons. The molecule has 90 valence electrons. The highest BCUT2D eigenvalue weighted by Gasteiger charge is 2.19. The Labute approximate surface area is 96.8 Å². The van der Waals surface area contributed by atoms with Crippen molar-refractivity contribution < 1.29 is 9.13 Å². The minimum absolute atomic E-state index is 0.125. The summed E-state index contributed by atoms with van der Waals surface area (Å²) in [6, 6.07) is 4.89. The molecule has 1 aromatic carbocycles. The summed E-state index contributed by atoms with van der Waals surface area (Å²) in [4.78, 5) is 0. The number of nitrogens with one attached hydrogen (secondary N) is 1. The van der Waals surface area contributed by atoms with E-state index in [-0.39, 0.29) is 17.3 Å². The van der Waals surface area contributed by atoms with Crippen LogP contribution in [-0.2, 0) is 0 Å². The number of anilines is 1. The Morgan fingerprint density at radius 1 is 1.25 bits per heavy atom. The number of ether oxygens (including phenoxy) is 1. The molecule has 0 fully saturated rings. The topological polar surface area (TPSA) is 21.3 Å². The molecule has 0 heterocycles. The van der Waals surface area contributed by atoms with Crippen LogP contribution >= 0.6 is 0 Å². The van der Waals surface area contributed by atoms with Gasteiger partial charge in [0.2, 0.25) is 0 Å². The molecule has 1 rings (SSSR count). The van der Waals surface area contributed by atoms with Crippen molar-refractivity contribution in [3.05, 3.63) is 24.0 Å².